The molecular formula is C31H31FN4O5S. The van der Waals surface area contributed by atoms with Gasteiger partial charge in [0.1, 0.15) is 25.3 Å². The number of aromatic nitrogens is 3. The molecule has 1 aliphatic rings. The van der Waals surface area contributed by atoms with Gasteiger partial charge in [-0.25, -0.2) is 13.8 Å². The molecule has 9 nitrogen and oxygen atoms in total. The van der Waals surface area contributed by atoms with Crippen LogP contribution in [-0.2, 0) is 29.2 Å². The van der Waals surface area contributed by atoms with E-state index in [9.17, 15) is 23.6 Å². The van der Waals surface area contributed by atoms with E-state index in [2.05, 4.69) is 4.98 Å². The zero-order chi connectivity index (χ0) is 29.6. The Hall–Kier alpha value is -4.25. The number of hydrogen-bond donors (Lipinski definition) is 0. The van der Waals surface area contributed by atoms with Gasteiger partial charge in [0.25, 0.3) is 0 Å². The second-order valence-electron chi connectivity index (χ2n) is 10.3. The number of halogens is 1. The van der Waals surface area contributed by atoms with E-state index in [1.54, 1.807) is 22.9 Å². The zero-order valence-corrected chi connectivity index (χ0v) is 24.0. The summed E-state index contributed by atoms with van der Waals surface area (Å²) in [6.07, 6.45) is 6.85. The maximum Gasteiger partial charge on any atom is 0.302 e. The Balaban J connectivity index is 1.47. The molecule has 0 spiro atoms. The molecule has 1 saturated heterocycles. The molecule has 0 N–H and O–H groups in total. The van der Waals surface area contributed by atoms with Gasteiger partial charge in [-0.2, -0.15) is 0 Å². The van der Waals surface area contributed by atoms with E-state index in [1.807, 2.05) is 42.2 Å². The van der Waals surface area contributed by atoms with Gasteiger partial charge >= 0.3 is 5.56 Å². The van der Waals surface area contributed by atoms with Crippen molar-refractivity contribution in [1.82, 2.24) is 18.9 Å². The van der Waals surface area contributed by atoms with E-state index in [-0.39, 0.29) is 48.7 Å². The van der Waals surface area contributed by atoms with Crippen LogP contribution in [0.15, 0.2) is 71.8 Å². The van der Waals surface area contributed by atoms with Crippen molar-refractivity contribution < 1.29 is 23.5 Å². The molecule has 2 aromatic carbocycles. The van der Waals surface area contributed by atoms with E-state index < -0.39 is 21.7 Å². The maximum atomic E-state index is 13.6. The smallest absolute Gasteiger partial charge is 0.302 e. The van der Waals surface area contributed by atoms with E-state index >= 15 is 0 Å². The van der Waals surface area contributed by atoms with Crippen molar-refractivity contribution in [2.24, 2.45) is 0 Å². The highest BCUT2D eigenvalue weighted by Crippen LogP contribution is 2.25. The number of nitrogens with zero attached hydrogens (tertiary/aromatic N) is 4. The second-order valence-corrected chi connectivity index (χ2v) is 11.5. The van der Waals surface area contributed by atoms with Crippen LogP contribution in [0.1, 0.15) is 47.8 Å². The van der Waals surface area contributed by atoms with Gasteiger partial charge < -0.3 is 19.0 Å². The number of rotatable bonds is 10. The first-order valence-electron chi connectivity index (χ1n) is 13.8. The van der Waals surface area contributed by atoms with Crippen LogP contribution in [0.25, 0.3) is 5.78 Å². The molecule has 0 saturated carbocycles. The number of benzene rings is 2. The van der Waals surface area contributed by atoms with E-state index in [0.717, 1.165) is 36.6 Å². The third kappa shape index (κ3) is 6.62. The number of carbonyl (C=O) groups excluding carboxylic acids is 3. The molecule has 218 valence electrons. The average molecular weight is 591 g/mol. The number of thioether (sulfide) groups is 1. The molecule has 4 aromatic rings. The summed E-state index contributed by atoms with van der Waals surface area (Å²) >= 11 is 0.720. The number of imidazole rings is 1. The Morgan fingerprint density at radius 3 is 2.57 bits per heavy atom. The average Bonchev–Trinajstić information content (AvgIpc) is 3.40. The molecule has 1 fully saturated rings. The molecule has 2 atom stereocenters. The van der Waals surface area contributed by atoms with Crippen LogP contribution in [0.2, 0.25) is 0 Å². The highest BCUT2D eigenvalue weighted by molar-refractivity contribution is 8.15. The number of fused-ring (bicyclic) bond motifs is 1. The first-order valence-corrected chi connectivity index (χ1v) is 14.7. The van der Waals surface area contributed by atoms with Crippen molar-refractivity contribution in [3.05, 3.63) is 100.0 Å². The maximum absolute atomic E-state index is 13.6. The van der Waals surface area contributed by atoms with Crippen LogP contribution >= 0.6 is 11.8 Å². The fraction of sp³-hybridized carbons (Fsp3) is 0.323. The lowest BCUT2D eigenvalue weighted by Crippen LogP contribution is -2.43. The SMILES string of the molecule is CC1CCCCN1C(=O)Cn1ccn2c(=O)c(OCc3ccccc3)c(C(=O)SC(C=O)Cc3ccc(F)cc3)nc12. The van der Waals surface area contributed by atoms with Gasteiger partial charge in [0.05, 0.1) is 5.25 Å². The molecular weight excluding hydrogens is 559 g/mol. The Bertz CT molecular complexity index is 1640. The van der Waals surface area contributed by atoms with Crippen LogP contribution < -0.4 is 10.3 Å². The lowest BCUT2D eigenvalue weighted by molar-refractivity contribution is -0.135. The number of likely N-dealkylation sites (tertiary alicyclic amines) is 1. The molecule has 0 bridgehead atoms. The normalized spacial score (nSPS) is 15.9. The second kappa shape index (κ2) is 13.2. The standard InChI is InChI=1S/C31H31FN4O5S/c1-21-7-5-6-14-35(21)26(38)18-34-15-16-36-29(39)28(41-20-23-8-3-2-4-9-23)27(33-31(34)36)30(40)42-25(19-37)17-22-10-12-24(32)13-11-22/h2-4,8-13,15-16,19,21,25H,5-7,14,17-18,20H2,1H3. The first kappa shape index (κ1) is 29.2. The Labute approximate surface area is 246 Å². The summed E-state index contributed by atoms with van der Waals surface area (Å²) in [6.45, 7) is 2.67. The minimum absolute atomic E-state index is 0.0213. The molecule has 2 unspecified atom stereocenters. The van der Waals surface area contributed by atoms with Crippen LogP contribution in [0.5, 0.6) is 5.75 Å². The monoisotopic (exact) mass is 590 g/mol. The third-order valence-electron chi connectivity index (χ3n) is 7.32. The van der Waals surface area contributed by atoms with Crippen LogP contribution in [-0.4, -0.2) is 54.0 Å². The summed E-state index contributed by atoms with van der Waals surface area (Å²) < 4.78 is 22.0. The van der Waals surface area contributed by atoms with Crippen molar-refractivity contribution in [3.63, 3.8) is 0 Å². The fourth-order valence-corrected chi connectivity index (χ4v) is 5.90. The predicted octanol–water partition coefficient (Wildman–Crippen LogP) is 4.30. The molecule has 1 aliphatic heterocycles. The lowest BCUT2D eigenvalue weighted by atomic mass is 10.0. The highest BCUT2D eigenvalue weighted by atomic mass is 32.2. The summed E-state index contributed by atoms with van der Waals surface area (Å²) in [5.74, 6) is -0.620. The minimum Gasteiger partial charge on any atom is -0.481 e. The summed E-state index contributed by atoms with van der Waals surface area (Å²) in [6, 6.07) is 15.0. The lowest BCUT2D eigenvalue weighted by Gasteiger charge is -2.33. The molecule has 1 amide bonds. The third-order valence-corrected chi connectivity index (χ3v) is 8.30. The summed E-state index contributed by atoms with van der Waals surface area (Å²) in [7, 11) is 0. The summed E-state index contributed by atoms with van der Waals surface area (Å²) in [4.78, 5) is 58.7. The number of amides is 1. The quantitative estimate of drug-likeness (QED) is 0.254. The van der Waals surface area contributed by atoms with Crippen molar-refractivity contribution in [2.45, 2.75) is 57.1 Å². The van der Waals surface area contributed by atoms with Gasteiger partial charge in [0, 0.05) is 25.0 Å². The summed E-state index contributed by atoms with van der Waals surface area (Å²) in [5, 5.41) is -1.43. The van der Waals surface area contributed by atoms with Gasteiger partial charge in [-0.1, -0.05) is 54.2 Å². The van der Waals surface area contributed by atoms with Gasteiger partial charge in [0.2, 0.25) is 22.5 Å². The van der Waals surface area contributed by atoms with Gasteiger partial charge in [0.15, 0.2) is 5.69 Å². The van der Waals surface area contributed by atoms with Gasteiger partial charge in [-0.05, 0) is 55.9 Å². The molecule has 11 heteroatoms. The molecule has 3 heterocycles. The number of ether oxygens (including phenoxy) is 1. The number of hydrogen-bond acceptors (Lipinski definition) is 7. The molecule has 5 rings (SSSR count). The predicted molar refractivity (Wildman–Crippen MR) is 157 cm³/mol. The minimum atomic E-state index is -0.806. The van der Waals surface area contributed by atoms with Crippen molar-refractivity contribution in [1.29, 1.82) is 0 Å². The summed E-state index contributed by atoms with van der Waals surface area (Å²) in [5.41, 5.74) is 0.635. The zero-order valence-electron chi connectivity index (χ0n) is 23.1. The molecule has 42 heavy (non-hydrogen) atoms. The van der Waals surface area contributed by atoms with Crippen LogP contribution in [0.4, 0.5) is 4.39 Å². The topological polar surface area (TPSA) is 103 Å². The Morgan fingerprint density at radius 1 is 1.10 bits per heavy atom. The van der Waals surface area contributed by atoms with E-state index in [1.165, 1.54) is 22.7 Å². The Kier molecular flexibility index (Phi) is 9.16. The molecule has 2 aromatic heterocycles. The van der Waals surface area contributed by atoms with E-state index in [4.69, 9.17) is 4.74 Å². The van der Waals surface area contributed by atoms with Crippen LogP contribution in [0.3, 0.4) is 0 Å². The highest BCUT2D eigenvalue weighted by Gasteiger charge is 2.27. The number of aldehydes is 1. The number of carbonyl (C=O) groups is 3. The molecule has 0 radical (unpaired) electrons. The molecule has 0 aliphatic carbocycles. The van der Waals surface area contributed by atoms with E-state index in [0.29, 0.717) is 18.4 Å². The van der Waals surface area contributed by atoms with Crippen molar-refractivity contribution in [2.75, 3.05) is 6.54 Å². The van der Waals surface area contributed by atoms with Crippen molar-refractivity contribution >= 4 is 34.8 Å². The van der Waals surface area contributed by atoms with Gasteiger partial charge in [-0.15, -0.1) is 0 Å². The fourth-order valence-electron chi connectivity index (χ4n) is 5.05. The van der Waals surface area contributed by atoms with Gasteiger partial charge in [-0.3, -0.25) is 14.4 Å². The largest absolute Gasteiger partial charge is 0.481 e. The van der Waals surface area contributed by atoms with Crippen molar-refractivity contribution in [3.8, 4) is 5.75 Å². The van der Waals surface area contributed by atoms with Crippen LogP contribution in [0, 0.1) is 5.82 Å². The first-order chi connectivity index (χ1) is 20.3. The number of piperidine rings is 1. The Morgan fingerprint density at radius 2 is 1.86 bits per heavy atom.